The Kier molecular flexibility index (Phi) is 3.34. The van der Waals surface area contributed by atoms with Crippen molar-refractivity contribution in [1.29, 1.82) is 0 Å². The maximum absolute atomic E-state index is 13.0. The van der Waals surface area contributed by atoms with Gasteiger partial charge >= 0.3 is 12.1 Å². The third-order valence-electron chi connectivity index (χ3n) is 3.64. The van der Waals surface area contributed by atoms with Crippen molar-refractivity contribution in [3.05, 3.63) is 23.7 Å². The highest BCUT2D eigenvalue weighted by molar-refractivity contribution is 5.76. The molecule has 106 valence electrons. The van der Waals surface area contributed by atoms with Crippen molar-refractivity contribution in [3.8, 4) is 0 Å². The topological polar surface area (TPSA) is 53.7 Å². The average molecular weight is 277 g/mol. The highest BCUT2D eigenvalue weighted by atomic mass is 19.4. The third kappa shape index (κ3) is 2.34. The summed E-state index contributed by atoms with van der Waals surface area (Å²) in [6.45, 7) is 1.55. The third-order valence-corrected chi connectivity index (χ3v) is 3.64. The van der Waals surface area contributed by atoms with Crippen molar-refractivity contribution in [2.75, 3.05) is 13.1 Å². The molecule has 1 N–H and O–H groups in total. The lowest BCUT2D eigenvalue weighted by Gasteiger charge is -2.27. The molecule has 2 heterocycles. The minimum Gasteiger partial charge on any atom is -0.481 e. The second kappa shape index (κ2) is 4.56. The van der Waals surface area contributed by atoms with E-state index in [2.05, 4.69) is 0 Å². The number of alkyl halides is 3. The van der Waals surface area contributed by atoms with Crippen molar-refractivity contribution < 1.29 is 27.5 Å². The lowest BCUT2D eigenvalue weighted by atomic mass is 9.86. The summed E-state index contributed by atoms with van der Waals surface area (Å²) in [7, 11) is 0. The maximum Gasteiger partial charge on any atom is 0.406 e. The molecule has 1 aromatic heterocycles. The van der Waals surface area contributed by atoms with Gasteiger partial charge in [0.15, 0.2) is 5.41 Å². The molecule has 0 saturated carbocycles. The molecule has 7 heteroatoms. The molecule has 0 bridgehead atoms. The van der Waals surface area contributed by atoms with Crippen molar-refractivity contribution in [3.63, 3.8) is 0 Å². The van der Waals surface area contributed by atoms with Gasteiger partial charge in [-0.2, -0.15) is 13.2 Å². The van der Waals surface area contributed by atoms with Gasteiger partial charge < -0.3 is 9.52 Å². The second-order valence-electron chi connectivity index (χ2n) is 4.87. The Morgan fingerprint density at radius 2 is 2.26 bits per heavy atom. The van der Waals surface area contributed by atoms with E-state index in [-0.39, 0.29) is 13.1 Å². The molecule has 0 amide bonds. The first kappa shape index (κ1) is 13.9. The van der Waals surface area contributed by atoms with Crippen LogP contribution in [0.3, 0.4) is 0 Å². The lowest BCUT2D eigenvalue weighted by Crippen LogP contribution is -2.47. The minimum atomic E-state index is -4.74. The Hall–Kier alpha value is -1.50. The van der Waals surface area contributed by atoms with E-state index in [0.29, 0.717) is 5.76 Å². The van der Waals surface area contributed by atoms with E-state index in [1.54, 1.807) is 13.0 Å². The van der Waals surface area contributed by atoms with Crippen LogP contribution in [0.4, 0.5) is 13.2 Å². The molecule has 1 aliphatic rings. The smallest absolute Gasteiger partial charge is 0.406 e. The van der Waals surface area contributed by atoms with E-state index in [9.17, 15) is 18.0 Å². The van der Waals surface area contributed by atoms with Crippen molar-refractivity contribution in [1.82, 2.24) is 4.90 Å². The van der Waals surface area contributed by atoms with Crippen LogP contribution < -0.4 is 0 Å². The molecule has 1 aromatic rings. The Morgan fingerprint density at radius 3 is 2.68 bits per heavy atom. The number of halogens is 3. The maximum atomic E-state index is 13.0. The first-order valence-electron chi connectivity index (χ1n) is 5.82. The summed E-state index contributed by atoms with van der Waals surface area (Å²) in [6, 6.07) is 1.72. The summed E-state index contributed by atoms with van der Waals surface area (Å²) in [5, 5.41) is 8.93. The summed E-state index contributed by atoms with van der Waals surface area (Å²) in [6.07, 6.45) is -3.70. The summed E-state index contributed by atoms with van der Waals surface area (Å²) >= 11 is 0. The van der Waals surface area contributed by atoms with Gasteiger partial charge in [0.1, 0.15) is 5.76 Å². The summed E-state index contributed by atoms with van der Waals surface area (Å²) in [4.78, 5) is 12.5. The molecule has 0 aromatic carbocycles. The predicted octanol–water partition coefficient (Wildman–Crippen LogP) is 2.43. The zero-order chi connectivity index (χ0) is 14.3. The van der Waals surface area contributed by atoms with Crippen LogP contribution in [0.2, 0.25) is 0 Å². The highest BCUT2D eigenvalue weighted by Gasteiger charge is 2.63. The number of likely N-dealkylation sites (tertiary alicyclic amines) is 1. The van der Waals surface area contributed by atoms with Crippen LogP contribution in [-0.2, 0) is 11.3 Å². The zero-order valence-electron chi connectivity index (χ0n) is 10.3. The summed E-state index contributed by atoms with van der Waals surface area (Å²) in [5.41, 5.74) is -1.81. The Balaban J connectivity index is 2.14. The normalized spacial score (nSPS) is 24.8. The molecule has 1 atom stereocenters. The number of carboxylic acids is 1. The average Bonchev–Trinajstić information content (AvgIpc) is 2.87. The number of aliphatic carboxylic acids is 1. The molecule has 19 heavy (non-hydrogen) atoms. The first-order valence-corrected chi connectivity index (χ1v) is 5.82. The van der Waals surface area contributed by atoms with Crippen LogP contribution in [0.15, 0.2) is 16.7 Å². The number of hydrogen-bond donors (Lipinski definition) is 1. The van der Waals surface area contributed by atoms with Crippen molar-refractivity contribution in [2.45, 2.75) is 26.1 Å². The summed E-state index contributed by atoms with van der Waals surface area (Å²) < 4.78 is 44.1. The number of carboxylic acid groups (broad SMARTS) is 1. The number of nitrogens with zero attached hydrogens (tertiary/aromatic N) is 1. The van der Waals surface area contributed by atoms with E-state index in [0.717, 1.165) is 5.56 Å². The van der Waals surface area contributed by atoms with Crippen molar-refractivity contribution in [2.24, 2.45) is 5.41 Å². The van der Waals surface area contributed by atoms with E-state index < -0.39 is 30.5 Å². The van der Waals surface area contributed by atoms with Gasteiger partial charge in [0.05, 0.1) is 12.8 Å². The Labute approximate surface area is 107 Å². The molecule has 1 unspecified atom stereocenters. The number of aryl methyl sites for hydroxylation is 1. The van der Waals surface area contributed by atoms with Crippen LogP contribution in [0.1, 0.15) is 17.7 Å². The molecule has 4 nitrogen and oxygen atoms in total. The Morgan fingerprint density at radius 1 is 1.58 bits per heavy atom. The fourth-order valence-electron chi connectivity index (χ4n) is 2.32. The molecule has 2 rings (SSSR count). The van der Waals surface area contributed by atoms with Crippen LogP contribution in [0.5, 0.6) is 0 Å². The number of hydrogen-bond acceptors (Lipinski definition) is 3. The quantitative estimate of drug-likeness (QED) is 0.922. The minimum absolute atomic E-state index is 0.0892. The largest absolute Gasteiger partial charge is 0.481 e. The summed E-state index contributed by atoms with van der Waals surface area (Å²) in [5.74, 6) is -1.23. The lowest BCUT2D eigenvalue weighted by molar-refractivity contribution is -0.227. The van der Waals surface area contributed by atoms with E-state index in [1.165, 1.54) is 11.2 Å². The van der Waals surface area contributed by atoms with Crippen LogP contribution in [0.25, 0.3) is 0 Å². The van der Waals surface area contributed by atoms with E-state index in [4.69, 9.17) is 9.52 Å². The first-order chi connectivity index (χ1) is 8.76. The van der Waals surface area contributed by atoms with Crippen LogP contribution in [0, 0.1) is 12.3 Å². The SMILES string of the molecule is Cc1ccoc1CN1CCC(C(=O)O)(C(F)(F)F)C1. The molecular formula is C12H14F3NO3. The van der Waals surface area contributed by atoms with Gasteiger partial charge in [0.25, 0.3) is 0 Å². The van der Waals surface area contributed by atoms with Crippen LogP contribution >= 0.6 is 0 Å². The van der Waals surface area contributed by atoms with E-state index >= 15 is 0 Å². The molecule has 1 saturated heterocycles. The standard InChI is InChI=1S/C12H14F3NO3/c1-8-2-5-19-9(8)6-16-4-3-11(7-16,10(17)18)12(13,14)15/h2,5H,3-4,6-7H2,1H3,(H,17,18). The van der Waals surface area contributed by atoms with Gasteiger partial charge in [-0.3, -0.25) is 9.69 Å². The molecular weight excluding hydrogens is 263 g/mol. The molecule has 0 aliphatic carbocycles. The number of furan rings is 1. The van der Waals surface area contributed by atoms with Gasteiger partial charge in [0, 0.05) is 13.1 Å². The Bertz CT molecular complexity index is 483. The van der Waals surface area contributed by atoms with Crippen molar-refractivity contribution >= 4 is 5.97 Å². The zero-order valence-corrected chi connectivity index (χ0v) is 10.3. The molecule has 0 radical (unpaired) electrons. The molecule has 0 spiro atoms. The second-order valence-corrected chi connectivity index (χ2v) is 4.87. The van der Waals surface area contributed by atoms with E-state index in [1.807, 2.05) is 0 Å². The predicted molar refractivity (Wildman–Crippen MR) is 59.5 cm³/mol. The monoisotopic (exact) mass is 277 g/mol. The van der Waals surface area contributed by atoms with Gasteiger partial charge in [-0.05, 0) is 25.0 Å². The fourth-order valence-corrected chi connectivity index (χ4v) is 2.32. The van der Waals surface area contributed by atoms with Gasteiger partial charge in [-0.1, -0.05) is 0 Å². The molecule has 1 aliphatic heterocycles. The number of carbonyl (C=O) groups is 1. The van der Waals surface area contributed by atoms with Crippen LogP contribution in [-0.4, -0.2) is 35.2 Å². The van der Waals surface area contributed by atoms with Gasteiger partial charge in [-0.25, -0.2) is 0 Å². The van der Waals surface area contributed by atoms with Gasteiger partial charge in [-0.15, -0.1) is 0 Å². The number of rotatable bonds is 3. The fraction of sp³-hybridized carbons (Fsp3) is 0.583. The highest BCUT2D eigenvalue weighted by Crippen LogP contribution is 2.46. The molecule has 1 fully saturated rings. The van der Waals surface area contributed by atoms with Gasteiger partial charge in [0.2, 0.25) is 0 Å².